The van der Waals surface area contributed by atoms with E-state index in [1.807, 2.05) is 0 Å². The van der Waals surface area contributed by atoms with Gasteiger partial charge in [0.25, 0.3) is 5.91 Å². The highest BCUT2D eigenvalue weighted by molar-refractivity contribution is 5.96. The van der Waals surface area contributed by atoms with Gasteiger partial charge in [0.15, 0.2) is 12.4 Å². The molecular weight excluding hydrogens is 376 g/mol. The fourth-order valence-corrected chi connectivity index (χ4v) is 2.34. The second-order valence-electron chi connectivity index (χ2n) is 6.12. The van der Waals surface area contributed by atoms with Gasteiger partial charge in [-0.3, -0.25) is 19.2 Å². The van der Waals surface area contributed by atoms with E-state index in [0.29, 0.717) is 22.7 Å². The maximum absolute atomic E-state index is 11.9. The van der Waals surface area contributed by atoms with E-state index in [9.17, 15) is 19.2 Å². The summed E-state index contributed by atoms with van der Waals surface area (Å²) in [4.78, 5) is 46.7. The van der Waals surface area contributed by atoms with Gasteiger partial charge in [-0.05, 0) is 43.3 Å². The van der Waals surface area contributed by atoms with Crippen LogP contribution in [0.1, 0.15) is 30.1 Å². The van der Waals surface area contributed by atoms with Crippen molar-refractivity contribution in [1.29, 1.82) is 0 Å². The van der Waals surface area contributed by atoms with Crippen LogP contribution in [0.4, 0.5) is 11.4 Å². The Labute approximate surface area is 168 Å². The third-order valence-electron chi connectivity index (χ3n) is 3.85. The van der Waals surface area contributed by atoms with Crippen molar-refractivity contribution in [3.8, 4) is 5.75 Å². The Hall–Kier alpha value is -3.68. The molecule has 2 N–H and O–H groups in total. The molecule has 2 aromatic rings. The van der Waals surface area contributed by atoms with Crippen molar-refractivity contribution >= 4 is 34.9 Å². The molecule has 0 aliphatic carbocycles. The lowest BCUT2D eigenvalue weighted by molar-refractivity contribution is -0.147. The first-order valence-corrected chi connectivity index (χ1v) is 8.88. The summed E-state index contributed by atoms with van der Waals surface area (Å²) >= 11 is 0. The largest absolute Gasteiger partial charge is 0.497 e. The maximum atomic E-state index is 11.9. The summed E-state index contributed by atoms with van der Waals surface area (Å²) in [5.74, 6) is -1.02. The molecule has 0 unspecified atom stereocenters. The molecule has 0 radical (unpaired) electrons. The number of esters is 1. The molecule has 152 valence electrons. The number of nitrogens with one attached hydrogen (secondary N) is 2. The van der Waals surface area contributed by atoms with Gasteiger partial charge in [-0.2, -0.15) is 0 Å². The Balaban J connectivity index is 1.69. The highest BCUT2D eigenvalue weighted by Crippen LogP contribution is 2.16. The number of amides is 2. The second kappa shape index (κ2) is 10.6. The number of anilines is 2. The fraction of sp³-hybridized carbons (Fsp3) is 0.238. The van der Waals surface area contributed by atoms with Gasteiger partial charge in [0, 0.05) is 29.4 Å². The molecule has 0 bridgehead atoms. The minimum Gasteiger partial charge on any atom is -0.497 e. The van der Waals surface area contributed by atoms with Crippen LogP contribution in [0.15, 0.2) is 48.5 Å². The van der Waals surface area contributed by atoms with E-state index < -0.39 is 18.5 Å². The maximum Gasteiger partial charge on any atom is 0.306 e. The molecule has 0 aliphatic heterocycles. The molecule has 8 heteroatoms. The van der Waals surface area contributed by atoms with Gasteiger partial charge in [-0.15, -0.1) is 0 Å². The Morgan fingerprint density at radius 1 is 0.862 bits per heavy atom. The molecule has 0 atom stereocenters. The molecule has 0 saturated carbocycles. The summed E-state index contributed by atoms with van der Waals surface area (Å²) in [5.41, 5.74) is 1.57. The average molecular weight is 398 g/mol. The number of carbonyl (C=O) groups is 4. The van der Waals surface area contributed by atoms with Crippen molar-refractivity contribution < 1.29 is 28.7 Å². The molecule has 2 aromatic carbocycles. The van der Waals surface area contributed by atoms with Crippen molar-refractivity contribution in [2.45, 2.75) is 19.8 Å². The number of hydrogen-bond donors (Lipinski definition) is 2. The Kier molecular flexibility index (Phi) is 7.90. The summed E-state index contributed by atoms with van der Waals surface area (Å²) in [5, 5.41) is 5.21. The highest BCUT2D eigenvalue weighted by Gasteiger charge is 2.11. The van der Waals surface area contributed by atoms with E-state index in [2.05, 4.69) is 10.6 Å². The van der Waals surface area contributed by atoms with E-state index in [1.165, 1.54) is 14.0 Å². The normalized spacial score (nSPS) is 10.0. The van der Waals surface area contributed by atoms with Crippen molar-refractivity contribution in [2.75, 3.05) is 24.4 Å². The van der Waals surface area contributed by atoms with Crippen LogP contribution in [0.5, 0.6) is 5.75 Å². The summed E-state index contributed by atoms with van der Waals surface area (Å²) < 4.78 is 9.93. The van der Waals surface area contributed by atoms with Crippen LogP contribution in [0.3, 0.4) is 0 Å². The number of Topliss-reactive ketones (excluding diaryl/α,β-unsaturated/α-hetero) is 1. The summed E-state index contributed by atoms with van der Waals surface area (Å²) in [6.45, 7) is 1.00. The zero-order valence-electron chi connectivity index (χ0n) is 16.2. The molecule has 8 nitrogen and oxygen atoms in total. The molecule has 29 heavy (non-hydrogen) atoms. The third-order valence-corrected chi connectivity index (χ3v) is 3.85. The first-order valence-electron chi connectivity index (χ1n) is 8.88. The van der Waals surface area contributed by atoms with Crippen LogP contribution in [-0.2, 0) is 19.1 Å². The smallest absolute Gasteiger partial charge is 0.306 e. The predicted molar refractivity (Wildman–Crippen MR) is 107 cm³/mol. The van der Waals surface area contributed by atoms with Gasteiger partial charge in [0.2, 0.25) is 5.91 Å². The van der Waals surface area contributed by atoms with Crippen molar-refractivity contribution in [3.63, 3.8) is 0 Å². The van der Waals surface area contributed by atoms with E-state index >= 15 is 0 Å². The number of carbonyl (C=O) groups excluding carboxylic acids is 4. The predicted octanol–water partition coefficient (Wildman–Crippen LogP) is 2.80. The molecule has 2 amide bonds. The number of rotatable bonds is 9. The van der Waals surface area contributed by atoms with Crippen LogP contribution in [0, 0.1) is 0 Å². The van der Waals surface area contributed by atoms with Gasteiger partial charge in [0.05, 0.1) is 13.5 Å². The molecule has 0 aromatic heterocycles. The molecular formula is C21H22N2O6. The van der Waals surface area contributed by atoms with Crippen LogP contribution in [0.2, 0.25) is 0 Å². The number of methoxy groups -OCH3 is 1. The molecule has 0 spiro atoms. The molecule has 0 saturated heterocycles. The van der Waals surface area contributed by atoms with Crippen LogP contribution < -0.4 is 15.4 Å². The van der Waals surface area contributed by atoms with Gasteiger partial charge < -0.3 is 20.1 Å². The lowest BCUT2D eigenvalue weighted by Gasteiger charge is -2.08. The molecule has 0 aliphatic rings. The minimum atomic E-state index is -0.659. The number of benzene rings is 2. The zero-order valence-corrected chi connectivity index (χ0v) is 16.2. The van der Waals surface area contributed by atoms with Crippen LogP contribution >= 0.6 is 0 Å². The topological polar surface area (TPSA) is 111 Å². The van der Waals surface area contributed by atoms with Crippen LogP contribution in [-0.4, -0.2) is 37.3 Å². The van der Waals surface area contributed by atoms with Gasteiger partial charge in [-0.25, -0.2) is 0 Å². The van der Waals surface area contributed by atoms with E-state index in [1.54, 1.807) is 48.5 Å². The lowest BCUT2D eigenvalue weighted by atomic mass is 10.1. The summed E-state index contributed by atoms with van der Waals surface area (Å²) in [6, 6.07) is 13.2. The van der Waals surface area contributed by atoms with E-state index in [-0.39, 0.29) is 24.5 Å². The van der Waals surface area contributed by atoms with Crippen LogP contribution in [0.25, 0.3) is 0 Å². The molecule has 0 fully saturated rings. The standard InChI is InChI=1S/C21H22N2O6/c1-14(24)15-6-8-16(9-7-15)22-19(25)10-11-21(27)29-13-20(26)23-17-4-3-5-18(12-17)28-2/h3-9,12H,10-11,13H2,1-2H3,(H,22,25)(H,23,26). The molecule has 2 rings (SSSR count). The monoisotopic (exact) mass is 398 g/mol. The van der Waals surface area contributed by atoms with Crippen molar-refractivity contribution in [1.82, 2.24) is 0 Å². The Bertz CT molecular complexity index is 892. The number of ketones is 1. The van der Waals surface area contributed by atoms with E-state index in [4.69, 9.17) is 9.47 Å². The second-order valence-corrected chi connectivity index (χ2v) is 6.12. The quantitative estimate of drug-likeness (QED) is 0.496. The van der Waals surface area contributed by atoms with Gasteiger partial charge in [0.1, 0.15) is 5.75 Å². The fourth-order valence-electron chi connectivity index (χ4n) is 2.34. The SMILES string of the molecule is COc1cccc(NC(=O)COC(=O)CCC(=O)Nc2ccc(C(C)=O)cc2)c1. The lowest BCUT2D eigenvalue weighted by Crippen LogP contribution is -2.21. The highest BCUT2D eigenvalue weighted by atomic mass is 16.5. The Morgan fingerprint density at radius 2 is 1.55 bits per heavy atom. The van der Waals surface area contributed by atoms with Gasteiger partial charge in [-0.1, -0.05) is 6.07 Å². The van der Waals surface area contributed by atoms with Crippen molar-refractivity contribution in [2.24, 2.45) is 0 Å². The first kappa shape index (κ1) is 21.6. The third kappa shape index (κ3) is 7.45. The minimum absolute atomic E-state index is 0.0685. The summed E-state index contributed by atoms with van der Waals surface area (Å²) in [6.07, 6.45) is -0.255. The van der Waals surface area contributed by atoms with Gasteiger partial charge >= 0.3 is 5.97 Å². The Morgan fingerprint density at radius 3 is 2.21 bits per heavy atom. The average Bonchev–Trinajstić information content (AvgIpc) is 2.71. The number of hydrogen-bond acceptors (Lipinski definition) is 6. The zero-order chi connectivity index (χ0) is 21.2. The summed E-state index contributed by atoms with van der Waals surface area (Å²) in [7, 11) is 1.51. The number of ether oxygens (including phenoxy) is 2. The van der Waals surface area contributed by atoms with Crippen molar-refractivity contribution in [3.05, 3.63) is 54.1 Å². The first-order chi connectivity index (χ1) is 13.9. The molecule has 0 heterocycles. The van der Waals surface area contributed by atoms with E-state index in [0.717, 1.165) is 0 Å².